The smallest absolute Gasteiger partial charge is 0.491 e. The van der Waals surface area contributed by atoms with Crippen LogP contribution in [0, 0.1) is 0 Å². The fourth-order valence-corrected chi connectivity index (χ4v) is 4.92. The molecule has 3 aromatic rings. The second-order valence-electron chi connectivity index (χ2n) is 8.00. The number of anilines is 1. The van der Waals surface area contributed by atoms with Crippen LogP contribution in [0.3, 0.4) is 0 Å². The number of nitrogens with zero attached hydrogens (tertiary/aromatic N) is 2. The first kappa shape index (κ1) is 21.1. The number of carbonyl (C=O) groups is 1. The van der Waals surface area contributed by atoms with Crippen LogP contribution in [0.1, 0.15) is 23.2 Å². The van der Waals surface area contributed by atoms with Gasteiger partial charge in [0.2, 0.25) is 5.91 Å². The van der Waals surface area contributed by atoms with E-state index in [1.54, 1.807) is 30.5 Å². The van der Waals surface area contributed by atoms with Gasteiger partial charge >= 0.3 is 6.36 Å². The first-order valence-corrected chi connectivity index (χ1v) is 10.4. The number of nitrogens with two attached hydrogens (primary N) is 1. The summed E-state index contributed by atoms with van der Waals surface area (Å²) in [6.07, 6.45) is -2.33. The van der Waals surface area contributed by atoms with Crippen molar-refractivity contribution in [3.8, 4) is 11.5 Å². The third-order valence-electron chi connectivity index (χ3n) is 6.17. The first-order valence-electron chi connectivity index (χ1n) is 10.4. The second-order valence-corrected chi connectivity index (χ2v) is 8.00. The Balaban J connectivity index is 1.73. The molecule has 2 aliphatic heterocycles. The number of carbonyl (C=O) groups excluding carboxylic acids is 1. The van der Waals surface area contributed by atoms with E-state index in [0.29, 0.717) is 36.5 Å². The Kier molecular flexibility index (Phi) is 4.92. The van der Waals surface area contributed by atoms with Crippen LogP contribution in [-0.4, -0.2) is 29.9 Å². The highest BCUT2D eigenvalue weighted by atomic mass is 19.4. The van der Waals surface area contributed by atoms with E-state index < -0.39 is 23.9 Å². The van der Waals surface area contributed by atoms with E-state index in [1.807, 2.05) is 29.2 Å². The van der Waals surface area contributed by atoms with E-state index >= 15 is 0 Å². The third-order valence-corrected chi connectivity index (χ3v) is 6.17. The fourth-order valence-electron chi connectivity index (χ4n) is 4.92. The van der Waals surface area contributed by atoms with E-state index in [9.17, 15) is 18.0 Å². The Labute approximate surface area is 187 Å². The maximum absolute atomic E-state index is 12.7. The summed E-state index contributed by atoms with van der Waals surface area (Å²) in [6.45, 7) is 0.323. The number of hydrogen-bond acceptors (Lipinski definition) is 5. The summed E-state index contributed by atoms with van der Waals surface area (Å²) >= 11 is 0. The number of hydrogen-bond donors (Lipinski definition) is 1. The van der Waals surface area contributed by atoms with Gasteiger partial charge in [-0.15, -0.1) is 13.2 Å². The van der Waals surface area contributed by atoms with E-state index in [-0.39, 0.29) is 5.75 Å². The molecule has 2 aromatic carbocycles. The summed E-state index contributed by atoms with van der Waals surface area (Å²) in [7, 11) is 0. The van der Waals surface area contributed by atoms with Crippen molar-refractivity contribution in [3.63, 3.8) is 0 Å². The SMILES string of the molecule is NC(=O)C1Cc2ccccc2N1[C@]1(c2ccc(OC(F)(F)F)cc2)CCOc2cccnc21. The molecule has 1 amide bonds. The van der Waals surface area contributed by atoms with Gasteiger partial charge in [-0.1, -0.05) is 30.3 Å². The van der Waals surface area contributed by atoms with Gasteiger partial charge in [-0.2, -0.15) is 0 Å². The van der Waals surface area contributed by atoms with Crippen LogP contribution in [0.2, 0.25) is 0 Å². The number of para-hydroxylation sites is 1. The van der Waals surface area contributed by atoms with E-state index in [2.05, 4.69) is 9.72 Å². The molecule has 2 N–H and O–H groups in total. The summed E-state index contributed by atoms with van der Waals surface area (Å²) in [5.74, 6) is -0.276. The van der Waals surface area contributed by atoms with Crippen LogP contribution in [0.4, 0.5) is 18.9 Å². The van der Waals surface area contributed by atoms with Gasteiger partial charge in [0, 0.05) is 24.7 Å². The minimum Gasteiger partial charge on any atom is -0.491 e. The molecule has 5 rings (SSSR count). The number of amides is 1. The Hall–Kier alpha value is -3.75. The molecule has 2 atom stereocenters. The molecule has 0 aliphatic carbocycles. The van der Waals surface area contributed by atoms with Crippen LogP contribution in [0.15, 0.2) is 66.9 Å². The molecular formula is C24H20F3N3O3. The number of rotatable bonds is 4. The molecule has 2 aliphatic rings. The van der Waals surface area contributed by atoms with Crippen LogP contribution in [0.25, 0.3) is 0 Å². The van der Waals surface area contributed by atoms with E-state index in [0.717, 1.165) is 11.3 Å². The quantitative estimate of drug-likeness (QED) is 0.645. The molecule has 33 heavy (non-hydrogen) atoms. The number of alkyl halides is 3. The first-order chi connectivity index (χ1) is 15.8. The van der Waals surface area contributed by atoms with Crippen molar-refractivity contribution in [3.05, 3.63) is 83.7 Å². The molecule has 170 valence electrons. The maximum atomic E-state index is 12.7. The van der Waals surface area contributed by atoms with Crippen LogP contribution >= 0.6 is 0 Å². The van der Waals surface area contributed by atoms with Crippen LogP contribution in [0.5, 0.6) is 11.5 Å². The Morgan fingerprint density at radius 2 is 1.88 bits per heavy atom. The Morgan fingerprint density at radius 3 is 2.61 bits per heavy atom. The van der Waals surface area contributed by atoms with Crippen LogP contribution in [-0.2, 0) is 16.8 Å². The summed E-state index contributed by atoms with van der Waals surface area (Å²) in [4.78, 5) is 19.2. The topological polar surface area (TPSA) is 77.7 Å². The van der Waals surface area contributed by atoms with Crippen molar-refractivity contribution in [1.29, 1.82) is 0 Å². The summed E-state index contributed by atoms with van der Waals surface area (Å²) in [5.41, 5.74) is 7.88. The molecular weight excluding hydrogens is 435 g/mol. The molecule has 0 spiro atoms. The molecule has 0 radical (unpaired) electrons. The van der Waals surface area contributed by atoms with Gasteiger partial charge in [0.25, 0.3) is 0 Å². The largest absolute Gasteiger partial charge is 0.573 e. The molecule has 6 nitrogen and oxygen atoms in total. The minimum atomic E-state index is -4.79. The van der Waals surface area contributed by atoms with E-state index in [1.165, 1.54) is 12.1 Å². The normalized spacial score (nSPS) is 21.7. The van der Waals surface area contributed by atoms with Gasteiger partial charge in [-0.25, -0.2) is 0 Å². The summed E-state index contributed by atoms with van der Waals surface area (Å²) < 4.78 is 48.0. The zero-order valence-corrected chi connectivity index (χ0v) is 17.4. The minimum absolute atomic E-state index is 0.323. The molecule has 3 heterocycles. The lowest BCUT2D eigenvalue weighted by Gasteiger charge is -2.48. The number of benzene rings is 2. The predicted octanol–water partition coefficient (Wildman–Crippen LogP) is 3.92. The van der Waals surface area contributed by atoms with Crippen molar-refractivity contribution in [2.45, 2.75) is 30.8 Å². The standard InChI is InChI=1S/C24H20F3N3O3/c25-24(26,27)33-17-9-7-16(8-10-17)23(11-13-32-20-6-3-12-29-21(20)23)30-18-5-2-1-4-15(18)14-19(30)22(28)31/h1-10,12,19H,11,13-14H2,(H2,28,31)/t19?,23-/m0/s1. The lowest BCUT2D eigenvalue weighted by atomic mass is 9.79. The lowest BCUT2D eigenvalue weighted by Crippen LogP contribution is -2.57. The lowest BCUT2D eigenvalue weighted by molar-refractivity contribution is -0.274. The predicted molar refractivity (Wildman–Crippen MR) is 114 cm³/mol. The molecule has 1 unspecified atom stereocenters. The van der Waals surface area contributed by atoms with Crippen molar-refractivity contribution >= 4 is 11.6 Å². The number of ether oxygens (including phenoxy) is 2. The van der Waals surface area contributed by atoms with Gasteiger partial charge in [0.15, 0.2) is 0 Å². The second kappa shape index (κ2) is 7.68. The highest BCUT2D eigenvalue weighted by molar-refractivity contribution is 5.88. The van der Waals surface area contributed by atoms with Crippen molar-refractivity contribution in [2.24, 2.45) is 5.73 Å². The average Bonchev–Trinajstić information content (AvgIpc) is 3.19. The zero-order valence-electron chi connectivity index (χ0n) is 17.4. The van der Waals surface area contributed by atoms with Gasteiger partial charge in [0.05, 0.1) is 6.61 Å². The third kappa shape index (κ3) is 3.53. The molecule has 0 saturated heterocycles. The number of fused-ring (bicyclic) bond motifs is 2. The van der Waals surface area contributed by atoms with Crippen molar-refractivity contribution in [1.82, 2.24) is 4.98 Å². The summed E-state index contributed by atoms with van der Waals surface area (Å²) in [5, 5.41) is 0. The zero-order chi connectivity index (χ0) is 23.2. The molecule has 1 aromatic heterocycles. The average molecular weight is 455 g/mol. The maximum Gasteiger partial charge on any atom is 0.573 e. The van der Waals surface area contributed by atoms with Crippen molar-refractivity contribution in [2.75, 3.05) is 11.5 Å². The molecule has 0 bridgehead atoms. The molecule has 0 fully saturated rings. The number of primary amides is 1. The molecule has 9 heteroatoms. The van der Waals surface area contributed by atoms with Crippen LogP contribution < -0.4 is 20.1 Å². The highest BCUT2D eigenvalue weighted by Gasteiger charge is 2.52. The summed E-state index contributed by atoms with van der Waals surface area (Å²) in [6, 6.07) is 16.2. The van der Waals surface area contributed by atoms with Gasteiger partial charge in [-0.3, -0.25) is 9.78 Å². The Bertz CT molecular complexity index is 1200. The number of halogens is 3. The van der Waals surface area contributed by atoms with Crippen molar-refractivity contribution < 1.29 is 27.4 Å². The number of pyridine rings is 1. The highest BCUT2D eigenvalue weighted by Crippen LogP contribution is 2.51. The van der Waals surface area contributed by atoms with E-state index in [4.69, 9.17) is 10.5 Å². The monoisotopic (exact) mass is 455 g/mol. The van der Waals surface area contributed by atoms with Gasteiger partial charge in [-0.05, 0) is 41.5 Å². The van der Waals surface area contributed by atoms with Gasteiger partial charge in [0.1, 0.15) is 28.8 Å². The fraction of sp³-hybridized carbons (Fsp3) is 0.250. The molecule has 0 saturated carbocycles. The number of aromatic nitrogens is 1. The van der Waals surface area contributed by atoms with Gasteiger partial charge < -0.3 is 20.1 Å². The Morgan fingerprint density at radius 1 is 1.12 bits per heavy atom.